The van der Waals surface area contributed by atoms with Crippen LogP contribution >= 0.6 is 0 Å². The maximum absolute atomic E-state index is 2.38. The molecule has 27 heavy (non-hydrogen) atoms. The molecule has 6 rings (SSSR count). The standard InChI is InChI=1S/C27H22/c1-4-16-8-5-10-18-19-11-7-13-21-25(19)26-22(27(21,2)3)15-14-17-9-6-12-20(23(16)18)24(17)26/h5-15H,4H2,1-3H3. The third-order valence-corrected chi connectivity index (χ3v) is 6.80. The molecule has 0 unspecified atom stereocenters. The maximum Gasteiger partial charge on any atom is 0.0159 e. The van der Waals surface area contributed by atoms with E-state index in [1.807, 2.05) is 0 Å². The molecule has 4 aromatic carbocycles. The van der Waals surface area contributed by atoms with Crippen molar-refractivity contribution in [3.63, 3.8) is 0 Å². The summed E-state index contributed by atoms with van der Waals surface area (Å²) in [6.07, 6.45) is 1.05. The van der Waals surface area contributed by atoms with Crippen molar-refractivity contribution in [1.29, 1.82) is 0 Å². The van der Waals surface area contributed by atoms with Crippen LogP contribution in [0.25, 0.3) is 44.2 Å². The molecule has 0 bridgehead atoms. The molecule has 0 N–H and O–H groups in total. The van der Waals surface area contributed by atoms with Gasteiger partial charge in [-0.05, 0) is 67.3 Å². The van der Waals surface area contributed by atoms with E-state index in [1.165, 1.54) is 60.8 Å². The maximum atomic E-state index is 2.38. The zero-order chi connectivity index (χ0) is 18.3. The summed E-state index contributed by atoms with van der Waals surface area (Å²) in [6, 6.07) is 25.3. The highest BCUT2D eigenvalue weighted by Crippen LogP contribution is 2.58. The average molecular weight is 346 g/mol. The predicted molar refractivity (Wildman–Crippen MR) is 115 cm³/mol. The van der Waals surface area contributed by atoms with Crippen LogP contribution in [0.15, 0.2) is 66.7 Å². The van der Waals surface area contributed by atoms with E-state index in [4.69, 9.17) is 0 Å². The lowest BCUT2D eigenvalue weighted by Crippen LogP contribution is -2.15. The first-order chi connectivity index (χ1) is 13.1. The van der Waals surface area contributed by atoms with Gasteiger partial charge in [0.15, 0.2) is 0 Å². The summed E-state index contributed by atoms with van der Waals surface area (Å²) in [4.78, 5) is 0. The van der Waals surface area contributed by atoms with Crippen molar-refractivity contribution < 1.29 is 0 Å². The molecule has 0 spiro atoms. The van der Waals surface area contributed by atoms with Gasteiger partial charge in [-0.1, -0.05) is 87.5 Å². The quantitative estimate of drug-likeness (QED) is 0.297. The molecule has 4 aromatic rings. The number of fused-ring (bicyclic) bond motifs is 3. The van der Waals surface area contributed by atoms with Crippen LogP contribution in [0.1, 0.15) is 37.5 Å². The summed E-state index contributed by atoms with van der Waals surface area (Å²) >= 11 is 0. The molecule has 0 heterocycles. The zero-order valence-corrected chi connectivity index (χ0v) is 16.1. The minimum atomic E-state index is 0.0435. The fourth-order valence-corrected chi connectivity index (χ4v) is 5.52. The Morgan fingerprint density at radius 1 is 0.630 bits per heavy atom. The van der Waals surface area contributed by atoms with Gasteiger partial charge in [0, 0.05) is 5.41 Å². The summed E-state index contributed by atoms with van der Waals surface area (Å²) in [6.45, 7) is 7.02. The SMILES string of the molecule is CCc1cccc2c1-c1cccc3ccc4c(c13)-c1c-2cccc1C4(C)C. The van der Waals surface area contributed by atoms with Crippen molar-refractivity contribution in [1.82, 2.24) is 0 Å². The molecule has 0 saturated carbocycles. The van der Waals surface area contributed by atoms with Gasteiger partial charge >= 0.3 is 0 Å². The predicted octanol–water partition coefficient (Wildman–Crippen LogP) is 7.36. The van der Waals surface area contributed by atoms with Crippen LogP contribution in [-0.4, -0.2) is 0 Å². The lowest BCUT2D eigenvalue weighted by Gasteiger charge is -2.23. The topological polar surface area (TPSA) is 0 Å². The Kier molecular flexibility index (Phi) is 2.76. The number of benzene rings is 4. The van der Waals surface area contributed by atoms with Crippen molar-refractivity contribution in [2.24, 2.45) is 0 Å². The van der Waals surface area contributed by atoms with E-state index in [0.29, 0.717) is 0 Å². The largest absolute Gasteiger partial charge is 0.0613 e. The van der Waals surface area contributed by atoms with Crippen molar-refractivity contribution >= 4 is 10.8 Å². The molecule has 0 atom stereocenters. The Bertz CT molecular complexity index is 1270. The van der Waals surface area contributed by atoms with Gasteiger partial charge in [0.1, 0.15) is 0 Å². The van der Waals surface area contributed by atoms with Crippen molar-refractivity contribution in [2.75, 3.05) is 0 Å². The van der Waals surface area contributed by atoms with Crippen LogP contribution in [0.4, 0.5) is 0 Å². The fraction of sp³-hybridized carbons (Fsp3) is 0.185. The van der Waals surface area contributed by atoms with Gasteiger partial charge in [-0.3, -0.25) is 0 Å². The number of rotatable bonds is 1. The molecular weight excluding hydrogens is 324 g/mol. The summed E-state index contributed by atoms with van der Waals surface area (Å²) in [7, 11) is 0. The molecule has 0 heteroatoms. The molecular formula is C27H22. The number of hydrogen-bond acceptors (Lipinski definition) is 0. The van der Waals surface area contributed by atoms with Crippen LogP contribution in [0.5, 0.6) is 0 Å². The van der Waals surface area contributed by atoms with E-state index in [2.05, 4.69) is 87.5 Å². The summed E-state index contributed by atoms with van der Waals surface area (Å²) in [5, 5.41) is 2.79. The highest BCUT2D eigenvalue weighted by Gasteiger charge is 2.39. The molecule has 0 radical (unpaired) electrons. The Balaban J connectivity index is 1.97. The van der Waals surface area contributed by atoms with E-state index in [0.717, 1.165) is 6.42 Å². The van der Waals surface area contributed by atoms with Gasteiger partial charge in [-0.2, -0.15) is 0 Å². The molecule has 0 nitrogen and oxygen atoms in total. The van der Waals surface area contributed by atoms with E-state index < -0.39 is 0 Å². The third kappa shape index (κ3) is 1.69. The molecule has 0 saturated heterocycles. The van der Waals surface area contributed by atoms with Crippen LogP contribution in [0.2, 0.25) is 0 Å². The van der Waals surface area contributed by atoms with E-state index in [-0.39, 0.29) is 5.41 Å². The molecule has 0 fully saturated rings. The average Bonchev–Trinajstić information content (AvgIpc) is 2.85. The van der Waals surface area contributed by atoms with Gasteiger partial charge in [-0.25, -0.2) is 0 Å². The molecule has 130 valence electrons. The minimum absolute atomic E-state index is 0.0435. The highest BCUT2D eigenvalue weighted by atomic mass is 14.4. The Morgan fingerprint density at radius 3 is 2.11 bits per heavy atom. The minimum Gasteiger partial charge on any atom is -0.0613 e. The van der Waals surface area contributed by atoms with Gasteiger partial charge in [-0.15, -0.1) is 0 Å². The highest BCUT2D eigenvalue weighted by molar-refractivity contribution is 6.17. The van der Waals surface area contributed by atoms with Crippen LogP contribution < -0.4 is 0 Å². The molecule has 0 aliphatic heterocycles. The first kappa shape index (κ1) is 15.2. The second-order valence-corrected chi connectivity index (χ2v) is 8.44. The Morgan fingerprint density at radius 2 is 1.30 bits per heavy atom. The van der Waals surface area contributed by atoms with Gasteiger partial charge in [0.25, 0.3) is 0 Å². The van der Waals surface area contributed by atoms with Crippen molar-refractivity contribution in [3.8, 4) is 33.4 Å². The zero-order valence-electron chi connectivity index (χ0n) is 16.1. The first-order valence-electron chi connectivity index (χ1n) is 9.95. The summed E-state index contributed by atoms with van der Waals surface area (Å²) < 4.78 is 0. The monoisotopic (exact) mass is 346 g/mol. The van der Waals surface area contributed by atoms with Gasteiger partial charge < -0.3 is 0 Å². The fourth-order valence-electron chi connectivity index (χ4n) is 5.52. The molecule has 2 aliphatic rings. The van der Waals surface area contributed by atoms with Gasteiger partial charge in [0.2, 0.25) is 0 Å². The second-order valence-electron chi connectivity index (χ2n) is 8.44. The lowest BCUT2D eigenvalue weighted by molar-refractivity contribution is 0.661. The normalized spacial score (nSPS) is 14.9. The van der Waals surface area contributed by atoms with E-state index in [1.54, 1.807) is 0 Å². The van der Waals surface area contributed by atoms with Gasteiger partial charge in [0.05, 0.1) is 0 Å². The Labute approximate surface area is 160 Å². The van der Waals surface area contributed by atoms with E-state index in [9.17, 15) is 0 Å². The molecule has 2 aliphatic carbocycles. The smallest absolute Gasteiger partial charge is 0.0159 e. The van der Waals surface area contributed by atoms with E-state index >= 15 is 0 Å². The second kappa shape index (κ2) is 4.89. The summed E-state index contributed by atoms with van der Waals surface area (Å²) in [5.74, 6) is 0. The molecule has 0 amide bonds. The molecule has 0 aromatic heterocycles. The lowest BCUT2D eigenvalue weighted by atomic mass is 9.80. The van der Waals surface area contributed by atoms with Crippen molar-refractivity contribution in [3.05, 3.63) is 83.4 Å². The van der Waals surface area contributed by atoms with Crippen LogP contribution in [0.3, 0.4) is 0 Å². The van der Waals surface area contributed by atoms with Crippen molar-refractivity contribution in [2.45, 2.75) is 32.6 Å². The third-order valence-electron chi connectivity index (χ3n) is 6.80. The number of hydrogen-bond donors (Lipinski definition) is 0. The van der Waals surface area contributed by atoms with Crippen LogP contribution in [-0.2, 0) is 11.8 Å². The number of aryl methyl sites for hydroxylation is 1. The summed E-state index contributed by atoms with van der Waals surface area (Å²) in [5.41, 5.74) is 13.0. The van der Waals surface area contributed by atoms with Crippen LogP contribution in [0, 0.1) is 0 Å². The first-order valence-corrected chi connectivity index (χ1v) is 9.95. The Hall–Kier alpha value is -2.86.